The average molecular weight is 288 g/mol. The molecule has 106 valence electrons. The molecular weight excluding hydrogens is 270 g/mol. The number of amides is 1. The Kier molecular flexibility index (Phi) is 6.24. The Morgan fingerprint density at radius 3 is 2.58 bits per heavy atom. The maximum absolute atomic E-state index is 13.0. The molecule has 1 aromatic rings. The zero-order valence-electron chi connectivity index (χ0n) is 10.7. The van der Waals surface area contributed by atoms with Crippen molar-refractivity contribution in [3.8, 4) is 0 Å². The lowest BCUT2D eigenvalue weighted by atomic mass is 10.3. The van der Waals surface area contributed by atoms with E-state index in [1.807, 2.05) is 37.3 Å². The van der Waals surface area contributed by atoms with Crippen molar-refractivity contribution in [3.63, 3.8) is 0 Å². The van der Waals surface area contributed by atoms with E-state index in [1.165, 1.54) is 11.8 Å². The van der Waals surface area contributed by atoms with Gasteiger partial charge in [-0.1, -0.05) is 25.1 Å². The number of carbonyl (C=O) groups excluding carboxylic acids is 1. The van der Waals surface area contributed by atoms with Crippen LogP contribution in [0.5, 0.6) is 0 Å². The number of halogens is 2. The molecule has 0 aliphatic heterocycles. The van der Waals surface area contributed by atoms with Gasteiger partial charge in [0, 0.05) is 4.90 Å². The van der Waals surface area contributed by atoms with Crippen LogP contribution in [-0.4, -0.2) is 30.2 Å². The molecule has 0 spiro atoms. The Bertz CT molecular complexity index is 401. The molecule has 1 unspecified atom stereocenters. The summed E-state index contributed by atoms with van der Waals surface area (Å²) in [6.45, 7) is 0.366. The number of alkyl halides is 2. The van der Waals surface area contributed by atoms with Gasteiger partial charge in [0.1, 0.15) is 0 Å². The van der Waals surface area contributed by atoms with Gasteiger partial charge in [0.05, 0.1) is 18.3 Å². The fourth-order valence-corrected chi connectivity index (χ4v) is 2.39. The van der Waals surface area contributed by atoms with Crippen LogP contribution < -0.4 is 11.1 Å². The van der Waals surface area contributed by atoms with E-state index >= 15 is 0 Å². The number of carbonyl (C=O) groups is 1. The van der Waals surface area contributed by atoms with Crippen molar-refractivity contribution >= 4 is 17.7 Å². The van der Waals surface area contributed by atoms with E-state index in [0.717, 1.165) is 4.90 Å². The van der Waals surface area contributed by atoms with Gasteiger partial charge in [0.15, 0.2) is 0 Å². The lowest BCUT2D eigenvalue weighted by Crippen LogP contribution is -2.44. The number of hydrogen-bond acceptors (Lipinski definition) is 3. The van der Waals surface area contributed by atoms with Crippen LogP contribution in [0.3, 0.4) is 0 Å². The van der Waals surface area contributed by atoms with E-state index in [9.17, 15) is 13.6 Å². The summed E-state index contributed by atoms with van der Waals surface area (Å²) in [4.78, 5) is 12.8. The van der Waals surface area contributed by atoms with Crippen molar-refractivity contribution in [1.82, 2.24) is 5.32 Å². The van der Waals surface area contributed by atoms with Crippen molar-refractivity contribution < 1.29 is 13.6 Å². The first-order valence-electron chi connectivity index (χ1n) is 6.06. The minimum atomic E-state index is -3.05. The van der Waals surface area contributed by atoms with E-state index in [2.05, 4.69) is 5.32 Å². The maximum Gasteiger partial charge on any atom is 0.277 e. The van der Waals surface area contributed by atoms with E-state index in [4.69, 9.17) is 5.73 Å². The van der Waals surface area contributed by atoms with Gasteiger partial charge in [0.2, 0.25) is 5.91 Å². The normalized spacial score (nSPS) is 13.1. The predicted octanol–water partition coefficient (Wildman–Crippen LogP) is 2.27. The molecule has 6 heteroatoms. The molecule has 0 fully saturated rings. The van der Waals surface area contributed by atoms with Gasteiger partial charge < -0.3 is 11.1 Å². The monoisotopic (exact) mass is 288 g/mol. The lowest BCUT2D eigenvalue weighted by Gasteiger charge is -2.18. The number of thioether (sulfide) groups is 1. The number of rotatable bonds is 7. The molecule has 0 aliphatic rings. The molecule has 0 aromatic heterocycles. The van der Waals surface area contributed by atoms with Gasteiger partial charge in [-0.3, -0.25) is 4.79 Å². The highest BCUT2D eigenvalue weighted by Crippen LogP contribution is 2.25. The van der Waals surface area contributed by atoms with Crippen LogP contribution in [0.4, 0.5) is 8.78 Å². The smallest absolute Gasteiger partial charge is 0.277 e. The molecule has 0 aliphatic carbocycles. The van der Waals surface area contributed by atoms with E-state index in [-0.39, 0.29) is 11.2 Å². The number of hydrogen-bond donors (Lipinski definition) is 2. The number of nitrogens with two attached hydrogens (primary N) is 1. The molecule has 3 nitrogen and oxygen atoms in total. The van der Waals surface area contributed by atoms with Gasteiger partial charge in [-0.05, 0) is 18.6 Å². The summed E-state index contributed by atoms with van der Waals surface area (Å²) in [5.74, 6) is -3.43. The molecule has 1 rings (SSSR count). The Balaban J connectivity index is 2.53. The zero-order valence-corrected chi connectivity index (χ0v) is 11.6. The van der Waals surface area contributed by atoms with Crippen molar-refractivity contribution in [2.24, 2.45) is 5.73 Å². The lowest BCUT2D eigenvalue weighted by molar-refractivity contribution is -0.122. The molecule has 0 heterocycles. The van der Waals surface area contributed by atoms with Crippen LogP contribution in [0.25, 0.3) is 0 Å². The summed E-state index contributed by atoms with van der Waals surface area (Å²) in [6, 6.07) is 9.39. The third-order valence-corrected chi connectivity index (χ3v) is 3.88. The summed E-state index contributed by atoms with van der Waals surface area (Å²) >= 11 is 1.37. The Morgan fingerprint density at radius 2 is 2.05 bits per heavy atom. The first-order valence-corrected chi connectivity index (χ1v) is 6.94. The predicted molar refractivity (Wildman–Crippen MR) is 73.4 cm³/mol. The SMILES string of the molecule is CCC(Sc1ccccc1)C(=O)NCC(F)(F)CN. The molecule has 1 atom stereocenters. The first kappa shape index (κ1) is 15.9. The molecule has 1 aromatic carbocycles. The Hall–Kier alpha value is -1.14. The van der Waals surface area contributed by atoms with E-state index in [1.54, 1.807) is 0 Å². The van der Waals surface area contributed by atoms with Crippen molar-refractivity contribution in [3.05, 3.63) is 30.3 Å². The standard InChI is InChI=1S/C13H18F2N2OS/c1-2-11(19-10-6-4-3-5-7-10)12(18)17-9-13(14,15)8-16/h3-7,11H,2,8-9,16H2,1H3,(H,17,18). The molecule has 0 bridgehead atoms. The van der Waals surface area contributed by atoms with Crippen LogP contribution in [0.15, 0.2) is 35.2 Å². The molecule has 1 amide bonds. The fraction of sp³-hybridized carbons (Fsp3) is 0.462. The summed E-state index contributed by atoms with van der Waals surface area (Å²) in [5.41, 5.74) is 4.92. The molecule has 0 saturated carbocycles. The summed E-state index contributed by atoms with van der Waals surface area (Å²) in [6.07, 6.45) is 0.569. The first-order chi connectivity index (χ1) is 8.98. The second-order valence-corrected chi connectivity index (χ2v) is 5.38. The minimum Gasteiger partial charge on any atom is -0.349 e. The van der Waals surface area contributed by atoms with Crippen molar-refractivity contribution in [2.75, 3.05) is 13.1 Å². The molecule has 0 saturated heterocycles. The highest BCUT2D eigenvalue weighted by Gasteiger charge is 2.28. The topological polar surface area (TPSA) is 55.1 Å². The zero-order chi connectivity index (χ0) is 14.3. The van der Waals surface area contributed by atoms with Crippen molar-refractivity contribution in [2.45, 2.75) is 29.4 Å². The summed E-state index contributed by atoms with van der Waals surface area (Å²) < 4.78 is 25.9. The minimum absolute atomic E-state index is 0.379. The fourth-order valence-electron chi connectivity index (χ4n) is 1.39. The molecule has 0 radical (unpaired) electrons. The third kappa shape index (κ3) is 5.57. The van der Waals surface area contributed by atoms with Gasteiger partial charge in [0.25, 0.3) is 5.92 Å². The number of nitrogens with one attached hydrogen (secondary N) is 1. The highest BCUT2D eigenvalue weighted by molar-refractivity contribution is 8.00. The molecule has 19 heavy (non-hydrogen) atoms. The summed E-state index contributed by atoms with van der Waals surface area (Å²) in [7, 11) is 0. The number of benzene rings is 1. The molecule has 3 N–H and O–H groups in total. The van der Waals surface area contributed by atoms with Crippen LogP contribution in [-0.2, 0) is 4.79 Å². The largest absolute Gasteiger partial charge is 0.349 e. The van der Waals surface area contributed by atoms with Gasteiger partial charge in [-0.2, -0.15) is 0 Å². The maximum atomic E-state index is 13.0. The third-order valence-electron chi connectivity index (χ3n) is 2.50. The second-order valence-electron chi connectivity index (χ2n) is 4.11. The Morgan fingerprint density at radius 1 is 1.42 bits per heavy atom. The van der Waals surface area contributed by atoms with Crippen LogP contribution in [0, 0.1) is 0 Å². The van der Waals surface area contributed by atoms with E-state index in [0.29, 0.717) is 6.42 Å². The molecular formula is C13H18F2N2OS. The van der Waals surface area contributed by atoms with Crippen LogP contribution in [0.1, 0.15) is 13.3 Å². The quantitative estimate of drug-likeness (QED) is 0.757. The summed E-state index contributed by atoms with van der Waals surface area (Å²) in [5, 5.41) is 1.88. The highest BCUT2D eigenvalue weighted by atomic mass is 32.2. The van der Waals surface area contributed by atoms with Gasteiger partial charge in [-0.15, -0.1) is 11.8 Å². The van der Waals surface area contributed by atoms with E-state index < -0.39 is 19.0 Å². The Labute approximate surface area is 115 Å². The second kappa shape index (κ2) is 7.45. The average Bonchev–Trinajstić information content (AvgIpc) is 2.43. The van der Waals surface area contributed by atoms with Crippen molar-refractivity contribution in [1.29, 1.82) is 0 Å². The van der Waals surface area contributed by atoms with Gasteiger partial charge >= 0.3 is 0 Å². The van der Waals surface area contributed by atoms with Gasteiger partial charge in [-0.25, -0.2) is 8.78 Å². The van der Waals surface area contributed by atoms with Crippen LogP contribution in [0.2, 0.25) is 0 Å². The van der Waals surface area contributed by atoms with Crippen LogP contribution >= 0.6 is 11.8 Å².